The summed E-state index contributed by atoms with van der Waals surface area (Å²) in [4.78, 5) is 64.9. The highest BCUT2D eigenvalue weighted by molar-refractivity contribution is 6.02. The number of rotatable bonds is 7. The number of benzene rings is 1. The van der Waals surface area contributed by atoms with E-state index in [0.29, 0.717) is 38.1 Å². The Morgan fingerprint density at radius 1 is 1.03 bits per heavy atom. The SMILES string of the molecule is CCOC(=O)C1CCN(C(=O)CN(C)C(=O)c2ccc(CN3C(=O)CCC3=O)cc2)CC1. The van der Waals surface area contributed by atoms with Crippen LogP contribution in [0.4, 0.5) is 0 Å². The van der Waals surface area contributed by atoms with E-state index in [1.54, 1.807) is 43.1 Å². The second-order valence-electron chi connectivity index (χ2n) is 8.14. The van der Waals surface area contributed by atoms with Crippen molar-refractivity contribution in [3.63, 3.8) is 0 Å². The van der Waals surface area contributed by atoms with Crippen molar-refractivity contribution in [1.29, 1.82) is 0 Å². The van der Waals surface area contributed by atoms with Gasteiger partial charge in [-0.25, -0.2) is 0 Å². The fourth-order valence-corrected chi connectivity index (χ4v) is 3.95. The Hall–Kier alpha value is -3.23. The number of piperidine rings is 1. The van der Waals surface area contributed by atoms with Crippen LogP contribution in [0.1, 0.15) is 48.5 Å². The summed E-state index contributed by atoms with van der Waals surface area (Å²) in [5.41, 5.74) is 1.18. The summed E-state index contributed by atoms with van der Waals surface area (Å²) >= 11 is 0. The lowest BCUT2D eigenvalue weighted by atomic mass is 9.97. The Morgan fingerprint density at radius 3 is 2.19 bits per heavy atom. The molecule has 0 saturated carbocycles. The Kier molecular flexibility index (Phi) is 7.61. The van der Waals surface area contributed by atoms with Gasteiger partial charge < -0.3 is 14.5 Å². The molecule has 9 heteroatoms. The zero-order valence-electron chi connectivity index (χ0n) is 18.5. The van der Waals surface area contributed by atoms with Crippen molar-refractivity contribution >= 4 is 29.6 Å². The highest BCUT2D eigenvalue weighted by atomic mass is 16.5. The molecule has 0 radical (unpaired) electrons. The zero-order chi connectivity index (χ0) is 23.3. The average molecular weight is 444 g/mol. The van der Waals surface area contributed by atoms with Crippen LogP contribution in [0, 0.1) is 5.92 Å². The molecule has 4 amide bonds. The van der Waals surface area contributed by atoms with E-state index in [1.807, 2.05) is 0 Å². The zero-order valence-corrected chi connectivity index (χ0v) is 18.5. The van der Waals surface area contributed by atoms with Crippen LogP contribution >= 0.6 is 0 Å². The summed E-state index contributed by atoms with van der Waals surface area (Å²) in [5, 5.41) is 0. The molecule has 9 nitrogen and oxygen atoms in total. The van der Waals surface area contributed by atoms with E-state index in [-0.39, 0.29) is 61.4 Å². The van der Waals surface area contributed by atoms with Gasteiger partial charge in [0.25, 0.3) is 5.91 Å². The van der Waals surface area contributed by atoms with Crippen molar-refractivity contribution in [2.75, 3.05) is 33.3 Å². The minimum atomic E-state index is -0.292. The molecule has 0 spiro atoms. The molecule has 1 aromatic carbocycles. The van der Waals surface area contributed by atoms with Crippen molar-refractivity contribution < 1.29 is 28.7 Å². The Bertz CT molecular complexity index is 873. The standard InChI is InChI=1S/C23H29N3O6/c1-3-32-23(31)18-10-12-25(13-11-18)21(29)15-24(2)22(30)17-6-4-16(5-7-17)14-26-19(27)8-9-20(26)28/h4-7,18H,3,8-15H2,1-2H3. The van der Waals surface area contributed by atoms with Crippen LogP contribution in [-0.4, -0.2) is 77.6 Å². The van der Waals surface area contributed by atoms with Crippen molar-refractivity contribution in [3.05, 3.63) is 35.4 Å². The van der Waals surface area contributed by atoms with Gasteiger partial charge in [0.05, 0.1) is 25.6 Å². The summed E-state index contributed by atoms with van der Waals surface area (Å²) in [6, 6.07) is 6.69. The fraction of sp³-hybridized carbons (Fsp3) is 0.522. The molecule has 2 heterocycles. The van der Waals surface area contributed by atoms with E-state index >= 15 is 0 Å². The van der Waals surface area contributed by atoms with Crippen molar-refractivity contribution in [3.8, 4) is 0 Å². The van der Waals surface area contributed by atoms with Crippen LogP contribution in [-0.2, 0) is 30.5 Å². The Morgan fingerprint density at radius 2 is 1.62 bits per heavy atom. The van der Waals surface area contributed by atoms with Gasteiger partial charge in [-0.3, -0.25) is 28.9 Å². The Balaban J connectivity index is 1.50. The minimum absolute atomic E-state index is 0.0541. The summed E-state index contributed by atoms with van der Waals surface area (Å²) in [5.74, 6) is -1.21. The molecule has 0 atom stereocenters. The molecule has 2 saturated heterocycles. The predicted octanol–water partition coefficient (Wildman–Crippen LogP) is 1.21. The second kappa shape index (κ2) is 10.4. The molecule has 0 N–H and O–H groups in total. The van der Waals surface area contributed by atoms with E-state index < -0.39 is 0 Å². The normalized spacial score (nSPS) is 16.9. The van der Waals surface area contributed by atoms with Crippen LogP contribution in [0.5, 0.6) is 0 Å². The van der Waals surface area contributed by atoms with Crippen molar-refractivity contribution in [2.45, 2.75) is 39.2 Å². The molecule has 32 heavy (non-hydrogen) atoms. The lowest BCUT2D eigenvalue weighted by molar-refractivity contribution is -0.151. The molecule has 172 valence electrons. The van der Waals surface area contributed by atoms with Crippen LogP contribution < -0.4 is 0 Å². The molecular weight excluding hydrogens is 414 g/mol. The number of imide groups is 1. The van der Waals surface area contributed by atoms with Gasteiger partial charge in [0, 0.05) is 38.5 Å². The summed E-state index contributed by atoms with van der Waals surface area (Å²) in [7, 11) is 1.57. The number of likely N-dealkylation sites (N-methyl/N-ethyl adjacent to an activating group) is 1. The second-order valence-corrected chi connectivity index (χ2v) is 8.14. The van der Waals surface area contributed by atoms with E-state index in [9.17, 15) is 24.0 Å². The number of carbonyl (C=O) groups is 5. The van der Waals surface area contributed by atoms with E-state index in [0.717, 1.165) is 5.56 Å². The van der Waals surface area contributed by atoms with E-state index in [4.69, 9.17) is 4.74 Å². The first-order valence-electron chi connectivity index (χ1n) is 10.9. The van der Waals surface area contributed by atoms with Gasteiger partial charge in [-0.15, -0.1) is 0 Å². The number of ether oxygens (including phenoxy) is 1. The maximum absolute atomic E-state index is 12.7. The summed E-state index contributed by atoms with van der Waals surface area (Å²) < 4.78 is 5.05. The molecule has 2 aliphatic heterocycles. The lowest BCUT2D eigenvalue weighted by Gasteiger charge is -2.32. The molecule has 3 rings (SSSR count). The lowest BCUT2D eigenvalue weighted by Crippen LogP contribution is -2.45. The van der Waals surface area contributed by atoms with Crippen LogP contribution in [0.15, 0.2) is 24.3 Å². The number of amides is 4. The highest BCUT2D eigenvalue weighted by Crippen LogP contribution is 2.19. The third kappa shape index (κ3) is 5.52. The Labute approximate surface area is 187 Å². The van der Waals surface area contributed by atoms with Gasteiger partial charge in [-0.2, -0.15) is 0 Å². The molecule has 0 unspecified atom stereocenters. The maximum Gasteiger partial charge on any atom is 0.309 e. The van der Waals surface area contributed by atoms with Gasteiger partial charge in [0.2, 0.25) is 17.7 Å². The van der Waals surface area contributed by atoms with Gasteiger partial charge in [-0.1, -0.05) is 12.1 Å². The molecule has 1 aromatic rings. The number of esters is 1. The van der Waals surface area contributed by atoms with E-state index in [1.165, 1.54) is 9.80 Å². The topological polar surface area (TPSA) is 104 Å². The van der Waals surface area contributed by atoms with Gasteiger partial charge >= 0.3 is 5.97 Å². The van der Waals surface area contributed by atoms with Gasteiger partial charge in [-0.05, 0) is 37.5 Å². The first kappa shape index (κ1) is 23.4. The largest absolute Gasteiger partial charge is 0.466 e. The molecular formula is C23H29N3O6. The first-order valence-corrected chi connectivity index (χ1v) is 10.9. The molecule has 2 fully saturated rings. The van der Waals surface area contributed by atoms with Crippen LogP contribution in [0.2, 0.25) is 0 Å². The first-order chi connectivity index (χ1) is 15.3. The highest BCUT2D eigenvalue weighted by Gasteiger charge is 2.30. The number of carbonyl (C=O) groups excluding carboxylic acids is 5. The summed E-state index contributed by atoms with van der Waals surface area (Å²) in [6.45, 7) is 3.19. The van der Waals surface area contributed by atoms with Crippen molar-refractivity contribution in [1.82, 2.24) is 14.7 Å². The van der Waals surface area contributed by atoms with Crippen LogP contribution in [0.3, 0.4) is 0 Å². The predicted molar refractivity (Wildman–Crippen MR) is 114 cm³/mol. The molecule has 0 bridgehead atoms. The monoisotopic (exact) mass is 443 g/mol. The average Bonchev–Trinajstić information content (AvgIpc) is 3.11. The van der Waals surface area contributed by atoms with Gasteiger partial charge in [0.15, 0.2) is 0 Å². The molecule has 0 aliphatic carbocycles. The fourth-order valence-electron chi connectivity index (χ4n) is 3.95. The molecule has 0 aromatic heterocycles. The number of nitrogens with zero attached hydrogens (tertiary/aromatic N) is 3. The number of hydrogen-bond donors (Lipinski definition) is 0. The van der Waals surface area contributed by atoms with Gasteiger partial charge in [0.1, 0.15) is 0 Å². The minimum Gasteiger partial charge on any atom is -0.466 e. The quantitative estimate of drug-likeness (QED) is 0.463. The number of hydrogen-bond acceptors (Lipinski definition) is 6. The van der Waals surface area contributed by atoms with Crippen LogP contribution in [0.25, 0.3) is 0 Å². The third-order valence-corrected chi connectivity index (χ3v) is 5.88. The molecule has 2 aliphatic rings. The van der Waals surface area contributed by atoms with Crippen molar-refractivity contribution in [2.24, 2.45) is 5.92 Å². The summed E-state index contributed by atoms with van der Waals surface area (Å²) in [6.07, 6.45) is 1.61. The van der Waals surface area contributed by atoms with E-state index in [2.05, 4.69) is 0 Å². The third-order valence-electron chi connectivity index (χ3n) is 5.88. The maximum atomic E-state index is 12.7. The smallest absolute Gasteiger partial charge is 0.309 e. The number of likely N-dealkylation sites (tertiary alicyclic amines) is 2.